The number of allylic oxidation sites excluding steroid dienone is 2. The number of ketones is 3. The van der Waals surface area contributed by atoms with Gasteiger partial charge in [0.15, 0.2) is 5.78 Å². The summed E-state index contributed by atoms with van der Waals surface area (Å²) in [6.45, 7) is 26.0. The third kappa shape index (κ3) is 10.9. The van der Waals surface area contributed by atoms with Crippen LogP contribution in [0.3, 0.4) is 0 Å². The predicted molar refractivity (Wildman–Crippen MR) is 323 cm³/mol. The van der Waals surface area contributed by atoms with Crippen molar-refractivity contribution in [2.45, 2.75) is 234 Å². The number of ether oxygens (including phenoxy) is 2. The van der Waals surface area contributed by atoms with Crippen molar-refractivity contribution in [3.05, 3.63) is 58.2 Å². The van der Waals surface area contributed by atoms with Crippen molar-refractivity contribution in [2.24, 2.45) is 87.6 Å². The zero-order chi connectivity index (χ0) is 53.8. The summed E-state index contributed by atoms with van der Waals surface area (Å²) in [6, 6.07) is 10.6. The summed E-state index contributed by atoms with van der Waals surface area (Å²) in [5.74, 6) is 9.53. The molecule has 9 nitrogen and oxygen atoms in total. The van der Waals surface area contributed by atoms with E-state index in [1.165, 1.54) is 77.2 Å². The molecule has 0 bridgehead atoms. The number of hydrogen-bond acceptors (Lipinski definition) is 9. The summed E-state index contributed by atoms with van der Waals surface area (Å²) in [5, 5.41) is 3.45. The maximum absolute atomic E-state index is 12.6. The van der Waals surface area contributed by atoms with Gasteiger partial charge in [0, 0.05) is 116 Å². The Hall–Kier alpha value is -1.87. The van der Waals surface area contributed by atoms with E-state index < -0.39 is 0 Å². The maximum Gasteiger partial charge on any atom is 0.176 e. The van der Waals surface area contributed by atoms with E-state index >= 15 is 0 Å². The number of carbonyl (C=O) groups excluding carboxylic acids is 3. The van der Waals surface area contributed by atoms with Crippen molar-refractivity contribution in [3.8, 4) is 0 Å². The van der Waals surface area contributed by atoms with Crippen LogP contribution in [0.15, 0.2) is 52.6 Å². The number of rotatable bonds is 8. The summed E-state index contributed by atoms with van der Waals surface area (Å²) in [6.07, 6.45) is 23.6. The van der Waals surface area contributed by atoms with Gasteiger partial charge in [-0.3, -0.25) is 24.2 Å². The zero-order valence-electron chi connectivity index (χ0n) is 49.5. The van der Waals surface area contributed by atoms with Crippen molar-refractivity contribution in [2.75, 3.05) is 45.8 Å². The molecule has 0 radical (unpaired) electrons. The minimum Gasteiger partial charge on any atom is -0.369 e. The van der Waals surface area contributed by atoms with Gasteiger partial charge in [0.25, 0.3) is 0 Å². The van der Waals surface area contributed by atoms with E-state index in [4.69, 9.17) is 15.2 Å². The number of nitrogens with two attached hydrogens (primary N) is 1. The van der Waals surface area contributed by atoms with Crippen LogP contribution in [0.5, 0.6) is 0 Å². The van der Waals surface area contributed by atoms with Crippen LogP contribution in [-0.4, -0.2) is 108 Å². The molecule has 8 aliphatic carbocycles. The van der Waals surface area contributed by atoms with Crippen molar-refractivity contribution in [3.63, 3.8) is 0 Å². The van der Waals surface area contributed by atoms with E-state index in [9.17, 15) is 14.4 Å². The number of Topliss-reactive ketones (excluding diaryl/α,β-unsaturated/α-hetero) is 3. The molecule has 4 aliphatic heterocycles. The molecule has 6 saturated carbocycles. The Balaban J connectivity index is 0.000000207. The molecule has 10 heteroatoms. The molecule has 1 aromatic carbocycles. The Morgan fingerprint density at radius 2 is 1.12 bits per heavy atom. The molecule has 0 amide bonds. The first-order valence-corrected chi connectivity index (χ1v) is 32.2. The minimum absolute atomic E-state index is 0. The number of hydrogen-bond donors (Lipinski definition) is 2. The van der Waals surface area contributed by atoms with E-state index in [1.807, 2.05) is 35.9 Å². The number of carbonyl (C=O) groups is 3. The van der Waals surface area contributed by atoms with Crippen LogP contribution in [-0.2, 0) is 39.5 Å². The number of piperidine rings is 2. The van der Waals surface area contributed by atoms with Crippen molar-refractivity contribution >= 4 is 17.3 Å². The third-order valence-electron chi connectivity index (χ3n) is 25.7. The average molecular weight is 1200 g/mol. The topological polar surface area (TPSA) is 114 Å². The quantitative estimate of drug-likeness (QED) is 0.114. The first-order valence-electron chi connectivity index (χ1n) is 32.2. The Morgan fingerprint density at radius 1 is 0.662 bits per heavy atom. The van der Waals surface area contributed by atoms with Crippen LogP contribution < -0.4 is 11.1 Å². The molecule has 4 heterocycles. The summed E-state index contributed by atoms with van der Waals surface area (Å²) >= 11 is 0. The second-order valence-electron chi connectivity index (χ2n) is 29.7. The third-order valence-corrected chi connectivity index (χ3v) is 25.7. The molecule has 1 aromatic rings. The van der Waals surface area contributed by atoms with Gasteiger partial charge in [-0.05, 0) is 187 Å². The van der Waals surface area contributed by atoms with E-state index in [2.05, 4.69) is 70.5 Å². The van der Waals surface area contributed by atoms with Gasteiger partial charge in [-0.25, -0.2) is 0 Å². The minimum atomic E-state index is -0.0520. The van der Waals surface area contributed by atoms with Gasteiger partial charge < -0.3 is 20.5 Å². The Labute approximate surface area is 501 Å². The molecule has 80 heavy (non-hydrogen) atoms. The summed E-state index contributed by atoms with van der Waals surface area (Å²) < 4.78 is 14.5. The van der Waals surface area contributed by atoms with Crippen LogP contribution in [0.2, 0.25) is 0 Å². The van der Waals surface area contributed by atoms with E-state index in [0.29, 0.717) is 88.7 Å². The molecular weight excluding hydrogens is 1080 g/mol. The fourth-order valence-corrected chi connectivity index (χ4v) is 21.8. The standard InChI is InChI=1S/C38H54N2O3.C30H48N2O2.2CH4.Pd.H2/c1-24-18-35-36(40(23-24)17-16-39-22-34(42)27-8-6-5-7-9-27)26(3)38(43-35)15-13-30-31-11-10-28-19-29(41)12-14-37(28,4)33(31)20-32(30)25(2)21-38;1-18-13-27-28(32(17-18)12-11-31)20(3)30(34-27)10-8-23-24-6-5-21-14-22(33)7-9-29(21,4)26(24)15-25(23)19(2)16-30;;;;/h5-9,24,26,28,30-31,33,35-36,39H,10-23H2,1-4H3;18,20-21,23-24,26-28H,5-17,31H2,1-4H3;2*1H4;;1H/t24-,26+,28+,30-,31-,33-,35+,36-,37-,38-;18-,20+,21+,23-,24-,26-,27+,28-,29-,30-;;;;/m00..../s1. The van der Waals surface area contributed by atoms with Gasteiger partial charge in [0.2, 0.25) is 0 Å². The average Bonchev–Trinajstić information content (AvgIpc) is 4.31. The molecular formula is C70H112N4O5Pd. The molecule has 13 rings (SSSR count). The van der Waals surface area contributed by atoms with Gasteiger partial charge in [0.1, 0.15) is 11.6 Å². The Kier molecular flexibility index (Phi) is 19.2. The molecule has 0 aromatic heterocycles. The summed E-state index contributed by atoms with van der Waals surface area (Å²) in [5.41, 5.74) is 14.4. The Bertz CT molecular complexity index is 2470. The molecule has 20 atom stereocenters. The monoisotopic (exact) mass is 1190 g/mol. The van der Waals surface area contributed by atoms with Crippen molar-refractivity contribution < 1.29 is 45.7 Å². The number of fused-ring (bicyclic) bond motifs is 12. The van der Waals surface area contributed by atoms with E-state index in [0.717, 1.165) is 132 Å². The molecule has 3 N–H and O–H groups in total. The van der Waals surface area contributed by atoms with Gasteiger partial charge in [0.05, 0.1) is 30.0 Å². The summed E-state index contributed by atoms with van der Waals surface area (Å²) in [7, 11) is 0. The molecule has 4 saturated heterocycles. The second-order valence-corrected chi connectivity index (χ2v) is 29.7. The zero-order valence-corrected chi connectivity index (χ0v) is 51.1. The van der Waals surface area contributed by atoms with Gasteiger partial charge in [-0.15, -0.1) is 0 Å². The van der Waals surface area contributed by atoms with Crippen LogP contribution in [0, 0.1) is 81.8 Å². The molecule has 2 spiro atoms. The van der Waals surface area contributed by atoms with Gasteiger partial charge in [-0.1, -0.05) is 109 Å². The smallest absolute Gasteiger partial charge is 0.176 e. The molecule has 0 unspecified atom stereocenters. The predicted octanol–water partition coefficient (Wildman–Crippen LogP) is 13.7. The number of likely N-dealkylation sites (tertiary alicyclic amines) is 2. The maximum atomic E-state index is 12.6. The number of nitrogens with zero attached hydrogens (tertiary/aromatic N) is 2. The molecule has 452 valence electrons. The van der Waals surface area contributed by atoms with E-state index in [1.54, 1.807) is 16.7 Å². The molecule has 10 fully saturated rings. The van der Waals surface area contributed by atoms with Crippen molar-refractivity contribution in [1.82, 2.24) is 15.1 Å². The fourth-order valence-electron chi connectivity index (χ4n) is 21.8. The fraction of sp³-hybridized carbons (Fsp3) is 0.814. The normalized spacial score (nSPS) is 44.7. The first kappa shape index (κ1) is 62.7. The van der Waals surface area contributed by atoms with Gasteiger partial charge in [-0.2, -0.15) is 0 Å². The van der Waals surface area contributed by atoms with Gasteiger partial charge >= 0.3 is 0 Å². The summed E-state index contributed by atoms with van der Waals surface area (Å²) in [4.78, 5) is 42.6. The SMILES string of the molecule is C.C.CC1=C2C[C@H]3[C@@H](CC[C@@H]4CC(=O)CC[C@@]43C)[C@@H]2CC[C@@]2(C1)O[C@@H]1C[C@H](C)CN(CCN)[C@H]1[C@H]2C.CC1=C2C[C@H]3[C@@H](CC[C@@H]4CC(=O)CC[C@@]43C)[C@@H]2CC[C@@]2(C1)O[C@@H]1C[C@H](C)CN(CCNCC(=O)c3ccccc3)[C@H]1[C@H]2C.[HH].[Pd]. The van der Waals surface area contributed by atoms with Crippen molar-refractivity contribution in [1.29, 1.82) is 0 Å². The van der Waals surface area contributed by atoms with Crippen LogP contribution in [0.4, 0.5) is 0 Å². The van der Waals surface area contributed by atoms with E-state index in [-0.39, 0.29) is 53.7 Å². The second kappa shape index (κ2) is 24.5. The molecule has 12 aliphatic rings. The number of benzene rings is 1. The number of nitrogens with one attached hydrogen (secondary N) is 1. The largest absolute Gasteiger partial charge is 0.369 e. The van der Waals surface area contributed by atoms with Crippen LogP contribution in [0.1, 0.15) is 210 Å². The van der Waals surface area contributed by atoms with Crippen LogP contribution in [0.25, 0.3) is 0 Å². The first-order chi connectivity index (χ1) is 36.9. The van der Waals surface area contributed by atoms with Crippen LogP contribution >= 0.6 is 0 Å². The Morgan fingerprint density at radius 3 is 1.59 bits per heavy atom.